The molecule has 196 valence electrons. The van der Waals surface area contributed by atoms with Gasteiger partial charge in [0.15, 0.2) is 11.6 Å². The summed E-state index contributed by atoms with van der Waals surface area (Å²) in [4.78, 5) is 31.8. The molecule has 1 fully saturated rings. The van der Waals surface area contributed by atoms with Gasteiger partial charge in [-0.05, 0) is 55.3 Å². The first-order valence-electron chi connectivity index (χ1n) is 12.1. The van der Waals surface area contributed by atoms with Gasteiger partial charge in [0.25, 0.3) is 11.5 Å². The predicted molar refractivity (Wildman–Crippen MR) is 142 cm³/mol. The Labute approximate surface area is 222 Å². The molecule has 4 aromatic rings. The molecule has 9 nitrogen and oxygen atoms in total. The first-order chi connectivity index (χ1) is 18.7. The molecule has 2 aromatic heterocycles. The third-order valence-electron chi connectivity index (χ3n) is 6.53. The summed E-state index contributed by atoms with van der Waals surface area (Å²) in [7, 11) is 0. The van der Waals surface area contributed by atoms with E-state index in [9.17, 15) is 23.6 Å². The highest BCUT2D eigenvalue weighted by Gasteiger charge is 2.31. The average Bonchev–Trinajstić information content (AvgIpc) is 3.29. The van der Waals surface area contributed by atoms with Gasteiger partial charge in [0.2, 0.25) is 0 Å². The second-order valence-electron chi connectivity index (χ2n) is 9.58. The molecule has 0 spiro atoms. The molecule has 1 amide bonds. The van der Waals surface area contributed by atoms with Gasteiger partial charge >= 0.3 is 0 Å². The van der Waals surface area contributed by atoms with Crippen molar-refractivity contribution in [1.82, 2.24) is 14.8 Å². The van der Waals surface area contributed by atoms with E-state index in [0.717, 1.165) is 36.2 Å². The Balaban J connectivity index is 1.53. The molecular weight excluding hydrogens is 504 g/mol. The number of amides is 1. The van der Waals surface area contributed by atoms with Crippen LogP contribution in [0.1, 0.15) is 29.4 Å². The molecule has 1 aliphatic heterocycles. The number of benzene rings is 2. The number of para-hydroxylation sites is 1. The largest absolute Gasteiger partial charge is 0.368 e. The van der Waals surface area contributed by atoms with Crippen LogP contribution >= 0.6 is 0 Å². The van der Waals surface area contributed by atoms with Gasteiger partial charge in [-0.3, -0.25) is 14.6 Å². The van der Waals surface area contributed by atoms with Crippen LogP contribution in [0.4, 0.5) is 20.2 Å². The molecule has 0 aliphatic carbocycles. The number of pyridine rings is 1. The first-order valence-corrected chi connectivity index (χ1v) is 12.1. The zero-order valence-corrected chi connectivity index (χ0v) is 20.9. The van der Waals surface area contributed by atoms with Crippen LogP contribution in [-0.4, -0.2) is 39.3 Å². The maximum Gasteiger partial charge on any atom is 0.276 e. The van der Waals surface area contributed by atoms with Crippen LogP contribution in [0.3, 0.4) is 0 Å². The van der Waals surface area contributed by atoms with Gasteiger partial charge < -0.3 is 16.0 Å². The molecule has 1 saturated heterocycles. The summed E-state index contributed by atoms with van der Waals surface area (Å²) in [5, 5.41) is 16.3. The summed E-state index contributed by atoms with van der Waals surface area (Å²) >= 11 is 0. The van der Waals surface area contributed by atoms with Crippen LogP contribution in [0.2, 0.25) is 0 Å². The lowest BCUT2D eigenvalue weighted by molar-refractivity contribution is 0.102. The molecule has 1 aliphatic rings. The lowest BCUT2D eigenvalue weighted by Gasteiger charge is -2.25. The minimum atomic E-state index is -0.994. The lowest BCUT2D eigenvalue weighted by atomic mass is 10.0. The number of nitrogens with one attached hydrogen (secondary N) is 1. The van der Waals surface area contributed by atoms with Crippen LogP contribution in [-0.2, 0) is 0 Å². The van der Waals surface area contributed by atoms with E-state index < -0.39 is 34.3 Å². The second kappa shape index (κ2) is 10.1. The van der Waals surface area contributed by atoms with Gasteiger partial charge in [-0.1, -0.05) is 12.1 Å². The van der Waals surface area contributed by atoms with Gasteiger partial charge in [-0.15, -0.1) is 0 Å². The monoisotopic (exact) mass is 527 g/mol. The molecular formula is C28H23F2N7O2. The summed E-state index contributed by atoms with van der Waals surface area (Å²) in [6, 6.07) is 14.4. The molecule has 2 aromatic carbocycles. The van der Waals surface area contributed by atoms with Crippen molar-refractivity contribution in [1.29, 1.82) is 5.26 Å². The number of hydrogen-bond acceptors (Lipinski definition) is 7. The van der Waals surface area contributed by atoms with Crippen LogP contribution in [0.25, 0.3) is 16.8 Å². The predicted octanol–water partition coefficient (Wildman–Crippen LogP) is 3.62. The summed E-state index contributed by atoms with van der Waals surface area (Å²) < 4.78 is 29.2. The quantitative estimate of drug-likeness (QED) is 0.405. The van der Waals surface area contributed by atoms with Gasteiger partial charge in [-0.2, -0.15) is 15.0 Å². The number of nitriles is 1. The lowest BCUT2D eigenvalue weighted by Crippen LogP contribution is -2.39. The summed E-state index contributed by atoms with van der Waals surface area (Å²) in [5.74, 6) is -2.68. The highest BCUT2D eigenvalue weighted by molar-refractivity contribution is 6.05. The fraction of sp³-hybridized carbons (Fsp3) is 0.179. The molecule has 3 N–H and O–H groups in total. The van der Waals surface area contributed by atoms with Crippen LogP contribution in [0, 0.1) is 23.0 Å². The number of halogens is 2. The normalized spacial score (nSPS) is 16.6. The molecule has 11 heteroatoms. The molecule has 5 rings (SSSR count). The number of nitrogens with zero attached hydrogens (tertiary/aromatic N) is 5. The molecule has 0 saturated carbocycles. The van der Waals surface area contributed by atoms with Crippen molar-refractivity contribution < 1.29 is 13.6 Å². The van der Waals surface area contributed by atoms with Gasteiger partial charge in [0.1, 0.15) is 11.4 Å². The molecule has 0 bridgehead atoms. The topological polar surface area (TPSA) is 130 Å². The Morgan fingerprint density at radius 2 is 1.92 bits per heavy atom. The van der Waals surface area contributed by atoms with Crippen molar-refractivity contribution in [2.45, 2.75) is 18.9 Å². The number of hydrogen-bond donors (Lipinski definition) is 2. The molecule has 0 radical (unpaired) electrons. The van der Waals surface area contributed by atoms with E-state index in [0.29, 0.717) is 40.3 Å². The minimum Gasteiger partial charge on any atom is -0.368 e. The van der Waals surface area contributed by atoms with Gasteiger partial charge in [-0.25, -0.2) is 8.78 Å². The summed E-state index contributed by atoms with van der Waals surface area (Å²) in [6.07, 6.45) is 3.86. The zero-order valence-electron chi connectivity index (χ0n) is 20.9. The molecule has 3 heterocycles. The number of anilines is 2. The molecule has 0 unspecified atom stereocenters. The fourth-order valence-corrected chi connectivity index (χ4v) is 4.55. The minimum absolute atomic E-state index is 0.226. The van der Waals surface area contributed by atoms with E-state index in [-0.39, 0.29) is 5.69 Å². The highest BCUT2D eigenvalue weighted by Crippen LogP contribution is 2.36. The van der Waals surface area contributed by atoms with Gasteiger partial charge in [0, 0.05) is 42.7 Å². The molecule has 39 heavy (non-hydrogen) atoms. The van der Waals surface area contributed by atoms with Crippen molar-refractivity contribution in [3.8, 4) is 22.9 Å². The van der Waals surface area contributed by atoms with Crippen molar-refractivity contribution in [3.63, 3.8) is 0 Å². The van der Waals surface area contributed by atoms with Crippen molar-refractivity contribution in [3.05, 3.63) is 100 Å². The summed E-state index contributed by atoms with van der Waals surface area (Å²) in [5.41, 5.74) is 7.12. The van der Waals surface area contributed by atoms with E-state index in [4.69, 9.17) is 5.73 Å². The summed E-state index contributed by atoms with van der Waals surface area (Å²) in [6.45, 7) is 3.10. The number of nitrogens with two attached hydrogens (primary N) is 1. The van der Waals surface area contributed by atoms with E-state index in [1.165, 1.54) is 12.3 Å². The smallest absolute Gasteiger partial charge is 0.276 e. The van der Waals surface area contributed by atoms with Crippen LogP contribution in [0.5, 0.6) is 0 Å². The molecule has 1 atom stereocenters. The first kappa shape index (κ1) is 25.7. The number of carbonyl (C=O) groups excluding carboxylic acids is 1. The van der Waals surface area contributed by atoms with Crippen LogP contribution < -0.4 is 21.5 Å². The average molecular weight is 528 g/mol. The van der Waals surface area contributed by atoms with Crippen LogP contribution in [0.15, 0.2) is 71.8 Å². The third-order valence-corrected chi connectivity index (χ3v) is 6.53. The number of carbonyl (C=O) groups is 1. The standard InChI is InChI=1S/C28H23F2N7O2/c1-28(32)10-12-36(16-28)24-13-17(19-15-33-11-9-18(19)14-31)5-6-22(24)34-27(39)23-7-8-25(38)37(35-23)26-20(29)3-2-4-21(26)30/h2-9,11,13,15H,10,12,16,32H2,1H3,(H,34,39)/t28-/m0/s1. The highest BCUT2D eigenvalue weighted by atomic mass is 19.1. The van der Waals surface area contributed by atoms with E-state index >= 15 is 0 Å². The Kier molecular flexibility index (Phi) is 6.64. The zero-order chi connectivity index (χ0) is 27.7. The Morgan fingerprint density at radius 1 is 1.15 bits per heavy atom. The second-order valence-corrected chi connectivity index (χ2v) is 9.58. The fourth-order valence-electron chi connectivity index (χ4n) is 4.55. The van der Waals surface area contributed by atoms with Crippen molar-refractivity contribution >= 4 is 17.3 Å². The van der Waals surface area contributed by atoms with E-state index in [1.807, 2.05) is 17.9 Å². The van der Waals surface area contributed by atoms with E-state index in [2.05, 4.69) is 21.5 Å². The maximum atomic E-state index is 14.3. The van der Waals surface area contributed by atoms with E-state index in [1.54, 1.807) is 24.4 Å². The SMILES string of the molecule is C[C@]1(N)CCN(c2cc(-c3cnccc3C#N)ccc2NC(=O)c2ccc(=O)n(-c3c(F)cccc3F)n2)C1. The number of rotatable bonds is 5. The van der Waals surface area contributed by atoms with Gasteiger partial charge in [0.05, 0.1) is 23.0 Å². The Morgan fingerprint density at radius 3 is 2.62 bits per heavy atom. The van der Waals surface area contributed by atoms with Crippen molar-refractivity contribution in [2.75, 3.05) is 23.3 Å². The Hall–Kier alpha value is -4.95. The maximum absolute atomic E-state index is 14.3. The van der Waals surface area contributed by atoms with Crippen molar-refractivity contribution in [2.24, 2.45) is 5.73 Å². The number of aromatic nitrogens is 3. The third kappa shape index (κ3) is 5.10. The Bertz CT molecular complexity index is 1670.